The maximum atomic E-state index is 13.4. The first-order valence-corrected chi connectivity index (χ1v) is 23.8. The average molecular weight is 925 g/mol. The van der Waals surface area contributed by atoms with Crippen molar-refractivity contribution < 1.29 is 27.8 Å². The van der Waals surface area contributed by atoms with Crippen LogP contribution in [-0.4, -0.2) is 21.6 Å². The summed E-state index contributed by atoms with van der Waals surface area (Å²) in [5.74, 6) is -0.423. The summed E-state index contributed by atoms with van der Waals surface area (Å²) < 4.78 is 39.5. The van der Waals surface area contributed by atoms with E-state index in [1.807, 2.05) is 58.3 Å². The van der Waals surface area contributed by atoms with Gasteiger partial charge in [0, 0.05) is 50.4 Å². The molecule has 6 aliphatic rings. The van der Waals surface area contributed by atoms with Crippen molar-refractivity contribution in [3.05, 3.63) is 258 Å². The fourth-order valence-corrected chi connectivity index (χ4v) is 11.4. The Balaban J connectivity index is 0.000000137. The second kappa shape index (κ2) is 16.5. The van der Waals surface area contributed by atoms with Crippen LogP contribution in [0.3, 0.4) is 0 Å². The van der Waals surface area contributed by atoms with Crippen molar-refractivity contribution in [2.45, 2.75) is 63.7 Å². The van der Waals surface area contributed by atoms with Crippen molar-refractivity contribution in [1.82, 2.24) is 9.80 Å². The van der Waals surface area contributed by atoms with Crippen LogP contribution in [0.1, 0.15) is 123 Å². The molecule has 8 nitrogen and oxygen atoms in total. The van der Waals surface area contributed by atoms with E-state index in [0.717, 1.165) is 77.9 Å². The molecule has 4 bridgehead atoms. The lowest BCUT2D eigenvalue weighted by Crippen LogP contribution is -2.25. The normalized spacial score (nSPS) is 19.0. The summed E-state index contributed by atoms with van der Waals surface area (Å²) in [6, 6.07) is 50.1. The van der Waals surface area contributed by atoms with Crippen LogP contribution < -0.4 is 11.5 Å². The topological polar surface area (TPSA) is 111 Å². The first-order valence-electron chi connectivity index (χ1n) is 23.8. The predicted octanol–water partition coefficient (Wildman–Crippen LogP) is 11.3. The van der Waals surface area contributed by atoms with Crippen LogP contribution in [-0.2, 0) is 48.7 Å². The van der Waals surface area contributed by atoms with Gasteiger partial charge in [0.05, 0.1) is 0 Å². The molecule has 0 spiro atoms. The van der Waals surface area contributed by atoms with Crippen LogP contribution in [0, 0.1) is 11.6 Å². The van der Waals surface area contributed by atoms with E-state index in [-0.39, 0.29) is 47.9 Å². The Hall–Kier alpha value is -7.60. The zero-order chi connectivity index (χ0) is 47.4. The van der Waals surface area contributed by atoms with Crippen LogP contribution in [0.5, 0.6) is 0 Å². The first-order chi connectivity index (χ1) is 34.2. The predicted molar refractivity (Wildman–Crippen MR) is 262 cm³/mol. The number of benzene rings is 8. The minimum atomic E-state index is -0.246. The van der Waals surface area contributed by atoms with E-state index in [9.17, 15) is 18.4 Å². The number of hydrogen-bond acceptors (Lipinski definition) is 6. The molecule has 344 valence electrons. The molecule has 6 heterocycles. The molecule has 0 aromatic heterocycles. The van der Waals surface area contributed by atoms with Gasteiger partial charge in [0.2, 0.25) is 0 Å². The summed E-state index contributed by atoms with van der Waals surface area (Å²) in [6.45, 7) is 3.44. The highest BCUT2D eigenvalue weighted by Crippen LogP contribution is 2.56. The van der Waals surface area contributed by atoms with Gasteiger partial charge in [0.25, 0.3) is 11.8 Å². The van der Waals surface area contributed by atoms with Crippen molar-refractivity contribution in [2.24, 2.45) is 11.5 Å². The number of amides is 2. The molecule has 8 aromatic carbocycles. The minimum Gasteiger partial charge on any atom is -0.356 e. The number of nitrogens with zero attached hydrogens (tertiary/aromatic N) is 2. The summed E-state index contributed by atoms with van der Waals surface area (Å²) >= 11 is 0. The summed E-state index contributed by atoms with van der Waals surface area (Å²) in [5, 5.41) is 0. The number of carbonyl (C=O) groups excluding carboxylic acids is 2. The van der Waals surface area contributed by atoms with Crippen LogP contribution >= 0.6 is 0 Å². The molecule has 4 atom stereocenters. The number of hydrogen-bond donors (Lipinski definition) is 2. The third-order valence-corrected chi connectivity index (χ3v) is 15.0. The Labute approximate surface area is 403 Å². The molecule has 0 saturated heterocycles. The Morgan fingerprint density at radius 3 is 1.16 bits per heavy atom. The SMILES string of the molecule is NCc1ccc2c(c1)CN(C(=O)c1ccc3c(c1)C1OC3c3cc(-c4ccc(F)cc4)ccc31)C2.NCc1ccc2c(c1)CN(C(=O)c1ccc3c(c1)C1OC3c3ccc(-c4ccc(F)cc4)cc31)C2. The molecule has 6 aliphatic heterocycles. The van der Waals surface area contributed by atoms with Crippen LogP contribution in [0.25, 0.3) is 22.3 Å². The van der Waals surface area contributed by atoms with Gasteiger partial charge in [0.15, 0.2) is 0 Å². The lowest BCUT2D eigenvalue weighted by atomic mass is 9.84. The lowest BCUT2D eigenvalue weighted by Gasteiger charge is -2.20. The molecule has 0 radical (unpaired) electrons. The van der Waals surface area contributed by atoms with E-state index < -0.39 is 0 Å². The molecule has 0 aliphatic carbocycles. The van der Waals surface area contributed by atoms with Gasteiger partial charge >= 0.3 is 0 Å². The molecule has 4 unspecified atom stereocenters. The smallest absolute Gasteiger partial charge is 0.254 e. The maximum Gasteiger partial charge on any atom is 0.254 e. The fourth-order valence-electron chi connectivity index (χ4n) is 11.4. The van der Waals surface area contributed by atoms with E-state index >= 15 is 0 Å². The highest BCUT2D eigenvalue weighted by molar-refractivity contribution is 5.96. The summed E-state index contributed by atoms with van der Waals surface area (Å²) in [4.78, 5) is 30.6. The number of rotatable bonds is 6. The van der Waals surface area contributed by atoms with Crippen molar-refractivity contribution in [2.75, 3.05) is 0 Å². The molecule has 2 amide bonds. The molecular formula is C60H46F2N4O4. The van der Waals surface area contributed by atoms with Gasteiger partial charge in [-0.2, -0.15) is 0 Å². The number of fused-ring (bicyclic) bond motifs is 18. The van der Waals surface area contributed by atoms with E-state index in [2.05, 4.69) is 60.7 Å². The molecule has 10 heteroatoms. The Bertz CT molecular complexity index is 3480. The first kappa shape index (κ1) is 42.5. The van der Waals surface area contributed by atoms with Gasteiger partial charge < -0.3 is 30.7 Å². The third-order valence-electron chi connectivity index (χ3n) is 15.0. The van der Waals surface area contributed by atoms with E-state index in [0.29, 0.717) is 50.4 Å². The second-order valence-electron chi connectivity index (χ2n) is 19.1. The quantitative estimate of drug-likeness (QED) is 0.172. The zero-order valence-corrected chi connectivity index (χ0v) is 38.0. The minimum absolute atomic E-state index is 0.0290. The third kappa shape index (κ3) is 7.01. The molecule has 0 saturated carbocycles. The van der Waals surface area contributed by atoms with Crippen LogP contribution in [0.2, 0.25) is 0 Å². The van der Waals surface area contributed by atoms with Gasteiger partial charge in [-0.25, -0.2) is 8.78 Å². The Morgan fingerprint density at radius 2 is 0.743 bits per heavy atom. The van der Waals surface area contributed by atoms with Crippen molar-refractivity contribution in [1.29, 1.82) is 0 Å². The number of carbonyl (C=O) groups is 2. The fraction of sp³-hybridized carbons (Fsp3) is 0.167. The van der Waals surface area contributed by atoms with Gasteiger partial charge in [-0.1, -0.05) is 97.1 Å². The van der Waals surface area contributed by atoms with Gasteiger partial charge in [-0.05, 0) is 161 Å². The molecular weight excluding hydrogens is 879 g/mol. The summed E-state index contributed by atoms with van der Waals surface area (Å²) in [6.07, 6.45) is -0.605. The number of ether oxygens (including phenoxy) is 2. The highest BCUT2D eigenvalue weighted by atomic mass is 19.1. The monoisotopic (exact) mass is 924 g/mol. The van der Waals surface area contributed by atoms with Crippen LogP contribution in [0.4, 0.5) is 8.78 Å². The van der Waals surface area contributed by atoms with Gasteiger partial charge in [-0.15, -0.1) is 0 Å². The van der Waals surface area contributed by atoms with Crippen molar-refractivity contribution in [3.8, 4) is 22.3 Å². The van der Waals surface area contributed by atoms with E-state index in [1.54, 1.807) is 24.3 Å². The van der Waals surface area contributed by atoms with Crippen LogP contribution in [0.15, 0.2) is 158 Å². The highest BCUT2D eigenvalue weighted by Gasteiger charge is 2.45. The Kier molecular flexibility index (Phi) is 10.0. The second-order valence-corrected chi connectivity index (χ2v) is 19.1. The number of nitrogens with two attached hydrogens (primary N) is 2. The Morgan fingerprint density at radius 1 is 0.400 bits per heavy atom. The molecule has 4 N–H and O–H groups in total. The zero-order valence-electron chi connectivity index (χ0n) is 38.0. The molecule has 70 heavy (non-hydrogen) atoms. The summed E-state index contributed by atoms with van der Waals surface area (Å²) in [5.41, 5.74) is 32.8. The lowest BCUT2D eigenvalue weighted by molar-refractivity contribution is 0.0743. The molecule has 8 aromatic rings. The van der Waals surface area contributed by atoms with Crippen molar-refractivity contribution >= 4 is 11.8 Å². The summed E-state index contributed by atoms with van der Waals surface area (Å²) in [7, 11) is 0. The van der Waals surface area contributed by atoms with Gasteiger partial charge in [0.1, 0.15) is 36.1 Å². The van der Waals surface area contributed by atoms with E-state index in [4.69, 9.17) is 20.9 Å². The molecule has 14 rings (SSSR count). The van der Waals surface area contributed by atoms with Gasteiger partial charge in [-0.3, -0.25) is 9.59 Å². The largest absolute Gasteiger partial charge is 0.356 e. The molecule has 0 fully saturated rings. The average Bonchev–Trinajstić information content (AvgIpc) is 4.28. The number of halogens is 2. The van der Waals surface area contributed by atoms with Crippen molar-refractivity contribution in [3.63, 3.8) is 0 Å². The van der Waals surface area contributed by atoms with E-state index in [1.165, 1.54) is 46.5 Å². The maximum absolute atomic E-state index is 13.4. The standard InChI is InChI=1S/2C30H23FN2O2/c31-23-7-3-18(4-8-23)19-5-9-24-26(12-19)28-25-10-6-20(13-27(25)29(24)35-28)30(34)33-15-21-2-1-17(14-32)11-22(21)16-33;31-23-7-3-18(4-8-23)19-5-9-24-26(12-19)29-27-13-20(6-10-25(27)28(24)35-29)30(34)33-15-21-2-1-17(14-32)11-22(21)16-33/h2*1-13,28-29H,14-16,32H2.